The molecule has 19 heavy (non-hydrogen) atoms. The molecule has 0 aromatic heterocycles. The van der Waals surface area contributed by atoms with Crippen molar-refractivity contribution < 1.29 is 9.90 Å². The third-order valence-corrected chi connectivity index (χ3v) is 5.12. The molecule has 1 aromatic carbocycles. The Morgan fingerprint density at radius 1 is 1.11 bits per heavy atom. The summed E-state index contributed by atoms with van der Waals surface area (Å²) in [6, 6.07) is 10.2. The molecule has 1 aromatic rings. The van der Waals surface area contributed by atoms with Crippen LogP contribution in [0.15, 0.2) is 35.2 Å². The van der Waals surface area contributed by atoms with Gasteiger partial charge in [-0.25, -0.2) is 0 Å². The lowest BCUT2D eigenvalue weighted by Crippen LogP contribution is -2.31. The highest BCUT2D eigenvalue weighted by atomic mass is 32.2. The van der Waals surface area contributed by atoms with Crippen molar-refractivity contribution in [1.29, 1.82) is 0 Å². The summed E-state index contributed by atoms with van der Waals surface area (Å²) in [5.74, 6) is 0.319. The van der Waals surface area contributed by atoms with Gasteiger partial charge in [-0.2, -0.15) is 0 Å². The maximum atomic E-state index is 11.7. The average Bonchev–Trinajstić information content (AvgIpc) is 2.67. The number of aliphatic carboxylic acids is 1. The van der Waals surface area contributed by atoms with Crippen molar-refractivity contribution in [3.63, 3.8) is 0 Å². The van der Waals surface area contributed by atoms with Gasteiger partial charge in [-0.1, -0.05) is 43.9 Å². The maximum absolute atomic E-state index is 11.7. The lowest BCUT2D eigenvalue weighted by Gasteiger charge is -2.27. The van der Waals surface area contributed by atoms with Crippen LogP contribution in [0.1, 0.15) is 44.9 Å². The van der Waals surface area contributed by atoms with Gasteiger partial charge in [-0.05, 0) is 37.1 Å². The Balaban J connectivity index is 1.91. The van der Waals surface area contributed by atoms with Gasteiger partial charge in [-0.15, -0.1) is 11.8 Å². The van der Waals surface area contributed by atoms with Gasteiger partial charge in [0.2, 0.25) is 0 Å². The fourth-order valence-corrected chi connectivity index (χ4v) is 3.94. The van der Waals surface area contributed by atoms with E-state index in [4.69, 9.17) is 0 Å². The molecule has 1 aliphatic carbocycles. The molecule has 1 saturated carbocycles. The smallest absolute Gasteiger partial charge is 0.309 e. The minimum Gasteiger partial charge on any atom is -0.481 e. The first kappa shape index (κ1) is 14.4. The van der Waals surface area contributed by atoms with E-state index in [9.17, 15) is 9.90 Å². The average molecular weight is 278 g/mol. The van der Waals surface area contributed by atoms with Crippen LogP contribution in [-0.2, 0) is 4.79 Å². The highest BCUT2D eigenvalue weighted by Crippen LogP contribution is 2.39. The van der Waals surface area contributed by atoms with Crippen molar-refractivity contribution in [3.05, 3.63) is 30.3 Å². The zero-order valence-corrected chi connectivity index (χ0v) is 12.1. The Morgan fingerprint density at radius 3 is 2.32 bits per heavy atom. The number of hydrogen-bond donors (Lipinski definition) is 1. The highest BCUT2D eigenvalue weighted by molar-refractivity contribution is 7.99. The van der Waals surface area contributed by atoms with E-state index >= 15 is 0 Å². The Bertz CT molecular complexity index is 394. The standard InChI is InChI=1S/C16H22O2S/c17-15(18)16(10-6-1-2-7-11-16)12-13-19-14-8-4-3-5-9-14/h3-5,8-9H,1-2,6-7,10-13H2,(H,17,18). The van der Waals surface area contributed by atoms with Gasteiger partial charge in [0, 0.05) is 4.90 Å². The predicted molar refractivity (Wildman–Crippen MR) is 79.6 cm³/mol. The van der Waals surface area contributed by atoms with E-state index in [-0.39, 0.29) is 0 Å². The lowest BCUT2D eigenvalue weighted by atomic mass is 9.78. The molecule has 0 spiro atoms. The van der Waals surface area contributed by atoms with E-state index in [1.54, 1.807) is 11.8 Å². The van der Waals surface area contributed by atoms with Crippen molar-refractivity contribution >= 4 is 17.7 Å². The van der Waals surface area contributed by atoms with Gasteiger partial charge in [-0.3, -0.25) is 4.79 Å². The molecule has 0 atom stereocenters. The van der Waals surface area contributed by atoms with Gasteiger partial charge in [0.1, 0.15) is 0 Å². The molecule has 0 amide bonds. The molecule has 1 N–H and O–H groups in total. The van der Waals surface area contributed by atoms with Crippen LogP contribution in [0.2, 0.25) is 0 Å². The number of carbonyl (C=O) groups is 1. The molecular weight excluding hydrogens is 256 g/mol. The molecule has 1 fully saturated rings. The normalized spacial score (nSPS) is 18.7. The van der Waals surface area contributed by atoms with Crippen molar-refractivity contribution in [3.8, 4) is 0 Å². The molecule has 2 nitrogen and oxygen atoms in total. The van der Waals surface area contributed by atoms with E-state index in [0.29, 0.717) is 0 Å². The lowest BCUT2D eigenvalue weighted by molar-refractivity contribution is -0.150. The highest BCUT2D eigenvalue weighted by Gasteiger charge is 2.37. The Labute approximate surface area is 119 Å². The van der Waals surface area contributed by atoms with Crippen LogP contribution in [0.5, 0.6) is 0 Å². The molecule has 0 heterocycles. The second-order valence-electron chi connectivity index (χ2n) is 5.41. The largest absolute Gasteiger partial charge is 0.481 e. The van der Waals surface area contributed by atoms with E-state index in [0.717, 1.165) is 37.9 Å². The molecule has 1 aliphatic rings. The monoisotopic (exact) mass is 278 g/mol. The first-order valence-corrected chi connectivity index (χ1v) is 8.13. The van der Waals surface area contributed by atoms with E-state index in [1.165, 1.54) is 17.7 Å². The second-order valence-corrected chi connectivity index (χ2v) is 6.58. The number of benzene rings is 1. The fraction of sp³-hybridized carbons (Fsp3) is 0.562. The molecule has 104 valence electrons. The quantitative estimate of drug-likeness (QED) is 0.632. The van der Waals surface area contributed by atoms with Crippen LogP contribution >= 0.6 is 11.8 Å². The molecule has 0 radical (unpaired) electrons. The van der Waals surface area contributed by atoms with Gasteiger partial charge in [0.25, 0.3) is 0 Å². The Hall–Kier alpha value is -0.960. The summed E-state index contributed by atoms with van der Waals surface area (Å²) in [7, 11) is 0. The molecule has 0 saturated heterocycles. The number of carboxylic acids is 1. The van der Waals surface area contributed by atoms with Crippen LogP contribution in [0.4, 0.5) is 0 Å². The zero-order valence-electron chi connectivity index (χ0n) is 11.3. The zero-order chi connectivity index (χ0) is 13.6. The van der Waals surface area contributed by atoms with E-state index < -0.39 is 11.4 Å². The van der Waals surface area contributed by atoms with E-state index in [2.05, 4.69) is 12.1 Å². The first-order chi connectivity index (χ1) is 9.23. The summed E-state index contributed by atoms with van der Waals surface area (Å²) in [6.45, 7) is 0. The summed E-state index contributed by atoms with van der Waals surface area (Å²) >= 11 is 1.77. The Morgan fingerprint density at radius 2 is 1.74 bits per heavy atom. The predicted octanol–water partition coefficient (Wildman–Crippen LogP) is 4.59. The first-order valence-electron chi connectivity index (χ1n) is 7.14. The van der Waals surface area contributed by atoms with Crippen molar-refractivity contribution in [1.82, 2.24) is 0 Å². The summed E-state index contributed by atoms with van der Waals surface area (Å²) in [4.78, 5) is 12.9. The van der Waals surface area contributed by atoms with Gasteiger partial charge < -0.3 is 5.11 Å². The number of carboxylic acid groups (broad SMARTS) is 1. The summed E-state index contributed by atoms with van der Waals surface area (Å²) < 4.78 is 0. The van der Waals surface area contributed by atoms with Crippen LogP contribution in [0.25, 0.3) is 0 Å². The summed E-state index contributed by atoms with van der Waals surface area (Å²) in [6.07, 6.45) is 7.05. The topological polar surface area (TPSA) is 37.3 Å². The number of thioether (sulfide) groups is 1. The third kappa shape index (κ3) is 4.00. The molecule has 2 rings (SSSR count). The van der Waals surface area contributed by atoms with Crippen LogP contribution in [0, 0.1) is 5.41 Å². The van der Waals surface area contributed by atoms with Crippen LogP contribution in [0.3, 0.4) is 0 Å². The SMILES string of the molecule is O=C(O)C1(CCSc2ccccc2)CCCCCC1. The molecule has 0 unspecified atom stereocenters. The molecule has 3 heteroatoms. The van der Waals surface area contributed by atoms with Gasteiger partial charge in [0.15, 0.2) is 0 Å². The fourth-order valence-electron chi connectivity index (χ4n) is 2.86. The van der Waals surface area contributed by atoms with Crippen molar-refractivity contribution in [2.45, 2.75) is 49.8 Å². The molecular formula is C16H22O2S. The third-order valence-electron chi connectivity index (χ3n) is 4.11. The maximum Gasteiger partial charge on any atom is 0.309 e. The minimum atomic E-state index is -0.580. The molecule has 0 bridgehead atoms. The number of hydrogen-bond acceptors (Lipinski definition) is 2. The summed E-state index contributed by atoms with van der Waals surface area (Å²) in [5, 5.41) is 9.60. The minimum absolute atomic E-state index is 0.460. The molecule has 0 aliphatic heterocycles. The van der Waals surface area contributed by atoms with Crippen molar-refractivity contribution in [2.24, 2.45) is 5.41 Å². The van der Waals surface area contributed by atoms with Gasteiger partial charge >= 0.3 is 5.97 Å². The van der Waals surface area contributed by atoms with Crippen LogP contribution in [-0.4, -0.2) is 16.8 Å². The second kappa shape index (κ2) is 6.99. The number of rotatable bonds is 5. The van der Waals surface area contributed by atoms with Gasteiger partial charge in [0.05, 0.1) is 5.41 Å². The Kier molecular flexibility index (Phi) is 5.32. The van der Waals surface area contributed by atoms with Crippen molar-refractivity contribution in [2.75, 3.05) is 5.75 Å². The van der Waals surface area contributed by atoms with Crippen LogP contribution < -0.4 is 0 Å². The summed E-state index contributed by atoms with van der Waals surface area (Å²) in [5.41, 5.74) is -0.460. The van der Waals surface area contributed by atoms with E-state index in [1.807, 2.05) is 18.2 Å².